The average molecular weight is 352 g/mol. The fourth-order valence-electron chi connectivity index (χ4n) is 4.09. The third-order valence-electron chi connectivity index (χ3n) is 5.78. The summed E-state index contributed by atoms with van der Waals surface area (Å²) in [6.45, 7) is 3.62. The van der Waals surface area contributed by atoms with E-state index < -0.39 is 0 Å². The number of hydrogen-bond acceptors (Lipinski definition) is 5. The van der Waals surface area contributed by atoms with Gasteiger partial charge in [-0.3, -0.25) is 9.39 Å². The van der Waals surface area contributed by atoms with E-state index in [4.69, 9.17) is 9.73 Å². The first-order valence-corrected chi connectivity index (χ1v) is 9.60. The predicted octanol–water partition coefficient (Wildman–Crippen LogP) is 3.33. The van der Waals surface area contributed by atoms with Crippen molar-refractivity contribution < 1.29 is 4.74 Å². The minimum absolute atomic E-state index is 0.345. The lowest BCUT2D eigenvalue weighted by molar-refractivity contribution is 0.132. The molecule has 3 aromatic heterocycles. The summed E-state index contributed by atoms with van der Waals surface area (Å²) >= 11 is 0. The van der Waals surface area contributed by atoms with Crippen LogP contribution in [-0.4, -0.2) is 43.6 Å². The number of aliphatic imine (C=N–C) groups is 1. The van der Waals surface area contributed by atoms with E-state index in [1.54, 1.807) is 6.20 Å². The first-order valence-electron chi connectivity index (χ1n) is 9.60. The SMILES string of the molecule is CC[C@@H]1CC(=NCOCC2CC2)C[C@@H]1c1nnc2cnc3[nH]ccc3n12. The van der Waals surface area contributed by atoms with Crippen LogP contribution in [0, 0.1) is 11.8 Å². The quantitative estimate of drug-likeness (QED) is 0.690. The maximum atomic E-state index is 5.70. The number of nitrogens with zero attached hydrogens (tertiary/aromatic N) is 5. The first-order chi connectivity index (χ1) is 12.8. The van der Waals surface area contributed by atoms with E-state index in [1.807, 2.05) is 12.3 Å². The Balaban J connectivity index is 1.42. The van der Waals surface area contributed by atoms with Crippen LogP contribution in [0.1, 0.15) is 50.8 Å². The van der Waals surface area contributed by atoms with Crippen molar-refractivity contribution in [1.29, 1.82) is 0 Å². The molecule has 5 rings (SSSR count). The van der Waals surface area contributed by atoms with Crippen LogP contribution in [0.15, 0.2) is 23.5 Å². The standard InChI is InChI=1S/C19H24N6O/c1-2-13-7-14(22-11-26-10-12-3-4-12)8-15(13)19-24-23-17-9-21-18-16(25(17)19)5-6-20-18/h5-6,9,12-13,15,20H,2-4,7-8,10-11H2,1H3/t13-,15+/m1/s1. The third kappa shape index (κ3) is 2.80. The largest absolute Gasteiger partial charge is 0.359 e. The second-order valence-corrected chi connectivity index (χ2v) is 7.57. The summed E-state index contributed by atoms with van der Waals surface area (Å²) in [6, 6.07) is 2.04. The second-order valence-electron chi connectivity index (χ2n) is 7.57. The Bertz CT molecular complexity index is 953. The highest BCUT2D eigenvalue weighted by atomic mass is 16.5. The van der Waals surface area contributed by atoms with Gasteiger partial charge in [0.2, 0.25) is 0 Å². The van der Waals surface area contributed by atoms with Crippen LogP contribution in [0.2, 0.25) is 0 Å². The van der Waals surface area contributed by atoms with Crippen LogP contribution in [0.4, 0.5) is 0 Å². The molecule has 7 heteroatoms. The summed E-state index contributed by atoms with van der Waals surface area (Å²) < 4.78 is 7.85. The fraction of sp³-hybridized carbons (Fsp3) is 0.579. The second kappa shape index (κ2) is 6.46. The molecule has 0 saturated heterocycles. The van der Waals surface area contributed by atoms with Gasteiger partial charge in [0.25, 0.3) is 0 Å². The van der Waals surface area contributed by atoms with Gasteiger partial charge in [0.15, 0.2) is 11.3 Å². The zero-order valence-electron chi connectivity index (χ0n) is 15.1. The maximum absolute atomic E-state index is 5.70. The Morgan fingerprint density at radius 3 is 3.08 bits per heavy atom. The molecular weight excluding hydrogens is 328 g/mol. The van der Waals surface area contributed by atoms with Gasteiger partial charge in [0.05, 0.1) is 18.3 Å². The van der Waals surface area contributed by atoms with Gasteiger partial charge in [-0.1, -0.05) is 13.3 Å². The zero-order chi connectivity index (χ0) is 17.5. The van der Waals surface area contributed by atoms with Crippen molar-refractivity contribution in [2.75, 3.05) is 13.3 Å². The Labute approximate surface area is 151 Å². The molecule has 3 aromatic rings. The molecule has 2 aliphatic carbocycles. The first kappa shape index (κ1) is 15.9. The van der Waals surface area contributed by atoms with Crippen LogP contribution in [0.3, 0.4) is 0 Å². The van der Waals surface area contributed by atoms with E-state index in [9.17, 15) is 0 Å². The van der Waals surface area contributed by atoms with Gasteiger partial charge >= 0.3 is 0 Å². The molecule has 2 fully saturated rings. The normalized spacial score (nSPS) is 25.0. The number of nitrogens with one attached hydrogen (secondary N) is 1. The molecule has 0 spiro atoms. The van der Waals surface area contributed by atoms with E-state index in [1.165, 1.54) is 18.6 Å². The van der Waals surface area contributed by atoms with Crippen molar-refractivity contribution in [3.63, 3.8) is 0 Å². The smallest absolute Gasteiger partial charge is 0.179 e. The van der Waals surface area contributed by atoms with E-state index in [0.29, 0.717) is 18.6 Å². The number of fused-ring (bicyclic) bond motifs is 3. The molecule has 2 aliphatic rings. The molecule has 1 N–H and O–H groups in total. The van der Waals surface area contributed by atoms with Crippen molar-refractivity contribution in [1.82, 2.24) is 24.6 Å². The Hall–Kier alpha value is -2.28. The van der Waals surface area contributed by atoms with Gasteiger partial charge in [-0.2, -0.15) is 0 Å². The predicted molar refractivity (Wildman–Crippen MR) is 99.4 cm³/mol. The highest BCUT2D eigenvalue weighted by Gasteiger charge is 2.35. The number of rotatable bonds is 6. The van der Waals surface area contributed by atoms with Crippen LogP contribution < -0.4 is 0 Å². The molecule has 0 aliphatic heterocycles. The molecule has 2 atom stereocenters. The summed E-state index contributed by atoms with van der Waals surface area (Å²) in [5.74, 6) is 2.71. The summed E-state index contributed by atoms with van der Waals surface area (Å²) in [6.07, 6.45) is 9.42. The van der Waals surface area contributed by atoms with Crippen molar-refractivity contribution >= 4 is 22.5 Å². The lowest BCUT2D eigenvalue weighted by Crippen LogP contribution is -2.09. The lowest BCUT2D eigenvalue weighted by Gasteiger charge is -2.15. The maximum Gasteiger partial charge on any atom is 0.179 e. The van der Waals surface area contributed by atoms with Crippen molar-refractivity contribution in [2.24, 2.45) is 16.8 Å². The van der Waals surface area contributed by atoms with Crippen LogP contribution in [0.5, 0.6) is 0 Å². The van der Waals surface area contributed by atoms with E-state index >= 15 is 0 Å². The van der Waals surface area contributed by atoms with Crippen LogP contribution >= 0.6 is 0 Å². The summed E-state index contributed by atoms with van der Waals surface area (Å²) in [4.78, 5) is 12.3. The molecule has 136 valence electrons. The number of aromatic amines is 1. The van der Waals surface area contributed by atoms with Gasteiger partial charge in [-0.15, -0.1) is 10.2 Å². The molecule has 3 heterocycles. The number of ether oxygens (including phenoxy) is 1. The van der Waals surface area contributed by atoms with Crippen LogP contribution in [-0.2, 0) is 4.74 Å². The molecular formula is C19H24N6O. The Morgan fingerprint density at radius 2 is 2.23 bits per heavy atom. The number of H-pyrrole nitrogens is 1. The topological polar surface area (TPSA) is 80.5 Å². The number of hydrogen-bond donors (Lipinski definition) is 1. The Kier molecular flexibility index (Phi) is 3.96. The van der Waals surface area contributed by atoms with Crippen LogP contribution in [0.25, 0.3) is 16.8 Å². The monoisotopic (exact) mass is 352 g/mol. The van der Waals surface area contributed by atoms with Gasteiger partial charge < -0.3 is 9.72 Å². The summed E-state index contributed by atoms with van der Waals surface area (Å²) in [5.41, 5.74) is 3.97. The average Bonchev–Trinajstić information content (AvgIpc) is 3.07. The van der Waals surface area contributed by atoms with E-state index in [-0.39, 0.29) is 0 Å². The molecule has 0 radical (unpaired) electrons. The molecule has 7 nitrogen and oxygen atoms in total. The number of aromatic nitrogens is 5. The van der Waals surface area contributed by atoms with Gasteiger partial charge in [-0.05, 0) is 43.6 Å². The third-order valence-corrected chi connectivity index (χ3v) is 5.78. The minimum atomic E-state index is 0.345. The Morgan fingerprint density at radius 1 is 1.31 bits per heavy atom. The van der Waals surface area contributed by atoms with Gasteiger partial charge in [0, 0.05) is 17.8 Å². The lowest BCUT2D eigenvalue weighted by atomic mass is 9.93. The van der Waals surface area contributed by atoms with Gasteiger partial charge in [0.1, 0.15) is 12.6 Å². The fourth-order valence-corrected chi connectivity index (χ4v) is 4.09. The van der Waals surface area contributed by atoms with Crippen molar-refractivity contribution in [2.45, 2.75) is 44.9 Å². The molecule has 0 bridgehead atoms. The van der Waals surface area contributed by atoms with Gasteiger partial charge in [-0.25, -0.2) is 4.98 Å². The highest BCUT2D eigenvalue weighted by molar-refractivity contribution is 5.88. The minimum Gasteiger partial charge on any atom is -0.359 e. The molecule has 26 heavy (non-hydrogen) atoms. The highest BCUT2D eigenvalue weighted by Crippen LogP contribution is 2.40. The summed E-state index contributed by atoms with van der Waals surface area (Å²) in [5, 5.41) is 8.90. The van der Waals surface area contributed by atoms with E-state index in [2.05, 4.69) is 31.5 Å². The molecule has 2 saturated carbocycles. The van der Waals surface area contributed by atoms with E-state index in [0.717, 1.165) is 54.4 Å². The summed E-state index contributed by atoms with van der Waals surface area (Å²) in [7, 11) is 0. The zero-order valence-corrected chi connectivity index (χ0v) is 15.1. The molecule has 0 unspecified atom stereocenters. The molecule has 0 aromatic carbocycles. The van der Waals surface area contributed by atoms with Crippen molar-refractivity contribution in [3.05, 3.63) is 24.3 Å². The van der Waals surface area contributed by atoms with Crippen molar-refractivity contribution in [3.8, 4) is 0 Å². The molecule has 0 amide bonds.